The maximum atomic E-state index is 8.67. The maximum absolute atomic E-state index is 8.67. The van der Waals surface area contributed by atoms with Crippen LogP contribution in [0.3, 0.4) is 0 Å². The SMILES string of the molecule is Oc1ccccc1O.[Y]. The molecule has 2 nitrogen and oxygen atoms in total. The molecule has 0 aliphatic carbocycles. The molecule has 0 saturated heterocycles. The van der Waals surface area contributed by atoms with Gasteiger partial charge in [0, 0.05) is 32.7 Å². The third kappa shape index (κ3) is 2.33. The van der Waals surface area contributed by atoms with Crippen LogP contribution in [0.25, 0.3) is 0 Å². The predicted octanol–water partition coefficient (Wildman–Crippen LogP) is 1.10. The molecule has 2 N–H and O–H groups in total. The van der Waals surface area contributed by atoms with E-state index >= 15 is 0 Å². The Morgan fingerprint density at radius 1 is 0.889 bits per heavy atom. The molecular weight excluding hydrogens is 193 g/mol. The number of para-hydroxylation sites is 2. The first-order valence-electron chi connectivity index (χ1n) is 2.27. The fraction of sp³-hybridized carbons (Fsp3) is 0. The Morgan fingerprint density at radius 2 is 1.22 bits per heavy atom. The molecular formula is C6H6O2Y. The molecule has 0 amide bonds. The van der Waals surface area contributed by atoms with Gasteiger partial charge >= 0.3 is 0 Å². The fourth-order valence-corrected chi connectivity index (χ4v) is 0.464. The molecule has 1 radical (unpaired) electrons. The first-order valence-corrected chi connectivity index (χ1v) is 2.27. The van der Waals surface area contributed by atoms with Gasteiger partial charge in [-0.3, -0.25) is 0 Å². The van der Waals surface area contributed by atoms with E-state index in [9.17, 15) is 0 Å². The molecule has 1 rings (SSSR count). The second-order valence-corrected chi connectivity index (χ2v) is 1.49. The van der Waals surface area contributed by atoms with E-state index < -0.39 is 0 Å². The Kier molecular flexibility index (Phi) is 3.82. The summed E-state index contributed by atoms with van der Waals surface area (Å²) in [6.45, 7) is 0. The fourth-order valence-electron chi connectivity index (χ4n) is 0.464. The van der Waals surface area contributed by atoms with E-state index in [0.29, 0.717) is 0 Å². The number of hydrogen-bond acceptors (Lipinski definition) is 2. The molecule has 0 aromatic heterocycles. The van der Waals surface area contributed by atoms with Crippen LogP contribution in [0.15, 0.2) is 24.3 Å². The average molecular weight is 199 g/mol. The zero-order valence-corrected chi connectivity index (χ0v) is 7.62. The zero-order valence-electron chi connectivity index (χ0n) is 4.78. The molecule has 0 saturated carbocycles. The van der Waals surface area contributed by atoms with Crippen molar-refractivity contribution in [3.05, 3.63) is 24.3 Å². The van der Waals surface area contributed by atoms with Crippen molar-refractivity contribution in [2.24, 2.45) is 0 Å². The number of rotatable bonds is 0. The van der Waals surface area contributed by atoms with Gasteiger partial charge in [-0.1, -0.05) is 12.1 Å². The van der Waals surface area contributed by atoms with Gasteiger partial charge in [0.25, 0.3) is 0 Å². The van der Waals surface area contributed by atoms with Crippen LogP contribution in [0.4, 0.5) is 0 Å². The normalized spacial score (nSPS) is 8.00. The van der Waals surface area contributed by atoms with Gasteiger partial charge in [0.15, 0.2) is 11.5 Å². The minimum Gasteiger partial charge on any atom is -0.504 e. The van der Waals surface area contributed by atoms with Crippen LogP contribution < -0.4 is 0 Å². The van der Waals surface area contributed by atoms with Gasteiger partial charge in [0.2, 0.25) is 0 Å². The minimum absolute atomic E-state index is 0. The molecule has 9 heavy (non-hydrogen) atoms. The molecule has 1 aromatic rings. The Balaban J connectivity index is 0.000000640. The summed E-state index contributed by atoms with van der Waals surface area (Å²) in [7, 11) is 0. The molecule has 0 aliphatic rings. The smallest absolute Gasteiger partial charge is 0.157 e. The van der Waals surface area contributed by atoms with Crippen molar-refractivity contribution in [1.29, 1.82) is 0 Å². The summed E-state index contributed by atoms with van der Waals surface area (Å²) in [6, 6.07) is 6.15. The topological polar surface area (TPSA) is 40.5 Å². The van der Waals surface area contributed by atoms with E-state index in [1.54, 1.807) is 12.1 Å². The summed E-state index contributed by atoms with van der Waals surface area (Å²) >= 11 is 0. The van der Waals surface area contributed by atoms with Crippen molar-refractivity contribution in [2.45, 2.75) is 0 Å². The van der Waals surface area contributed by atoms with Gasteiger partial charge in [-0.15, -0.1) is 0 Å². The van der Waals surface area contributed by atoms with E-state index in [-0.39, 0.29) is 44.2 Å². The van der Waals surface area contributed by atoms with E-state index in [2.05, 4.69) is 0 Å². The summed E-state index contributed by atoms with van der Waals surface area (Å²) in [5.41, 5.74) is 0. The van der Waals surface area contributed by atoms with Crippen molar-refractivity contribution in [1.82, 2.24) is 0 Å². The number of aromatic hydroxyl groups is 2. The second-order valence-electron chi connectivity index (χ2n) is 1.49. The van der Waals surface area contributed by atoms with E-state index in [0.717, 1.165) is 0 Å². The molecule has 0 spiro atoms. The van der Waals surface area contributed by atoms with Crippen molar-refractivity contribution in [2.75, 3.05) is 0 Å². The van der Waals surface area contributed by atoms with Crippen molar-refractivity contribution in [3.8, 4) is 11.5 Å². The van der Waals surface area contributed by atoms with E-state index in [1.807, 2.05) is 0 Å². The van der Waals surface area contributed by atoms with Gasteiger partial charge in [-0.05, 0) is 12.1 Å². The minimum atomic E-state index is -0.0764. The first kappa shape index (κ1) is 8.92. The largest absolute Gasteiger partial charge is 0.504 e. The molecule has 1 aromatic carbocycles. The third-order valence-electron chi connectivity index (χ3n) is 0.882. The molecule has 3 heteroatoms. The van der Waals surface area contributed by atoms with Gasteiger partial charge < -0.3 is 10.2 Å². The molecule has 0 atom stereocenters. The monoisotopic (exact) mass is 199 g/mol. The van der Waals surface area contributed by atoms with Gasteiger partial charge in [-0.25, -0.2) is 0 Å². The van der Waals surface area contributed by atoms with Crippen molar-refractivity contribution < 1.29 is 42.9 Å². The summed E-state index contributed by atoms with van der Waals surface area (Å²) < 4.78 is 0. The molecule has 0 fully saturated rings. The quantitative estimate of drug-likeness (QED) is 0.614. The molecule has 0 bridgehead atoms. The first-order chi connectivity index (χ1) is 3.80. The third-order valence-corrected chi connectivity index (χ3v) is 0.882. The summed E-state index contributed by atoms with van der Waals surface area (Å²) in [4.78, 5) is 0. The summed E-state index contributed by atoms with van der Waals surface area (Å²) in [6.07, 6.45) is 0. The van der Waals surface area contributed by atoms with Gasteiger partial charge in [0.1, 0.15) is 0 Å². The zero-order chi connectivity index (χ0) is 5.98. The Bertz CT molecular complexity index is 167. The number of phenols is 2. The molecule has 0 unspecified atom stereocenters. The van der Waals surface area contributed by atoms with E-state index in [4.69, 9.17) is 10.2 Å². The van der Waals surface area contributed by atoms with Crippen LogP contribution in [0.5, 0.6) is 11.5 Å². The molecule has 45 valence electrons. The Morgan fingerprint density at radius 3 is 1.44 bits per heavy atom. The standard InChI is InChI=1S/C6H6O2.Y/c7-5-3-1-2-4-6(5)8;/h1-4,7-8H;. The maximum Gasteiger partial charge on any atom is 0.157 e. The van der Waals surface area contributed by atoms with Crippen LogP contribution in [0, 0.1) is 0 Å². The van der Waals surface area contributed by atoms with Crippen LogP contribution >= 0.6 is 0 Å². The van der Waals surface area contributed by atoms with Crippen LogP contribution in [-0.4, -0.2) is 10.2 Å². The molecule has 0 aliphatic heterocycles. The van der Waals surface area contributed by atoms with E-state index in [1.165, 1.54) is 12.1 Å². The Labute approximate surface area is 78.4 Å². The van der Waals surface area contributed by atoms with Crippen molar-refractivity contribution in [3.63, 3.8) is 0 Å². The summed E-state index contributed by atoms with van der Waals surface area (Å²) in [5, 5.41) is 17.3. The Hall–Kier alpha value is -0.0761. The second kappa shape index (κ2) is 3.86. The average Bonchev–Trinajstić information content (AvgIpc) is 1.77. The number of phenolic OH excluding ortho intramolecular Hbond substituents is 2. The van der Waals surface area contributed by atoms with Gasteiger partial charge in [-0.2, -0.15) is 0 Å². The molecule has 0 heterocycles. The predicted molar refractivity (Wildman–Crippen MR) is 29.8 cm³/mol. The van der Waals surface area contributed by atoms with Crippen molar-refractivity contribution >= 4 is 0 Å². The summed E-state index contributed by atoms with van der Waals surface area (Å²) in [5.74, 6) is -0.153. The number of benzene rings is 1. The van der Waals surface area contributed by atoms with Gasteiger partial charge in [0.05, 0.1) is 0 Å². The number of hydrogen-bond donors (Lipinski definition) is 2. The van der Waals surface area contributed by atoms with Crippen LogP contribution in [0.2, 0.25) is 0 Å². The van der Waals surface area contributed by atoms with Crippen LogP contribution in [-0.2, 0) is 32.7 Å². The van der Waals surface area contributed by atoms with Crippen LogP contribution in [0.1, 0.15) is 0 Å².